The van der Waals surface area contributed by atoms with Gasteiger partial charge in [-0.25, -0.2) is 0 Å². The van der Waals surface area contributed by atoms with E-state index in [1.54, 1.807) is 24.3 Å². The Morgan fingerprint density at radius 3 is 2.67 bits per heavy atom. The van der Waals surface area contributed by atoms with Gasteiger partial charge in [0.2, 0.25) is 0 Å². The zero-order chi connectivity index (χ0) is 15.2. The Bertz CT molecular complexity index is 626. The smallest absolute Gasteiger partial charge is 0.262 e. The van der Waals surface area contributed by atoms with Gasteiger partial charge in [0, 0.05) is 10.7 Å². The summed E-state index contributed by atoms with van der Waals surface area (Å²) < 4.78 is 5.62. The van der Waals surface area contributed by atoms with E-state index in [1.807, 2.05) is 24.3 Å². The number of hydrogen-bond donors (Lipinski definition) is 1. The molecule has 0 aromatic heterocycles. The minimum absolute atomic E-state index is 0.0315. The van der Waals surface area contributed by atoms with Gasteiger partial charge in [0.1, 0.15) is 5.75 Å². The highest BCUT2D eigenvalue weighted by Gasteiger charge is 2.09. The summed E-state index contributed by atoms with van der Waals surface area (Å²) >= 11 is 5.87. The molecule has 0 fully saturated rings. The number of benzene rings is 2. The quantitative estimate of drug-likeness (QED) is 0.884. The van der Waals surface area contributed by atoms with Gasteiger partial charge in [-0.1, -0.05) is 49.7 Å². The predicted octanol–water partition coefficient (Wildman–Crippen LogP) is 4.48. The normalized spacial score (nSPS) is 10.5. The summed E-state index contributed by atoms with van der Waals surface area (Å²) in [6, 6.07) is 14.8. The van der Waals surface area contributed by atoms with E-state index in [1.165, 1.54) is 0 Å². The van der Waals surface area contributed by atoms with Crippen LogP contribution in [0.4, 0.5) is 5.69 Å². The molecule has 3 nitrogen and oxygen atoms in total. The van der Waals surface area contributed by atoms with Gasteiger partial charge in [-0.15, -0.1) is 0 Å². The number of amides is 1. The van der Waals surface area contributed by atoms with Gasteiger partial charge in [0.15, 0.2) is 6.61 Å². The lowest BCUT2D eigenvalue weighted by atomic mass is 10.0. The second-order valence-electron chi connectivity index (χ2n) is 5.04. The van der Waals surface area contributed by atoms with Crippen LogP contribution in [-0.2, 0) is 4.79 Å². The van der Waals surface area contributed by atoms with E-state index < -0.39 is 0 Å². The lowest BCUT2D eigenvalue weighted by molar-refractivity contribution is -0.118. The van der Waals surface area contributed by atoms with Crippen LogP contribution in [0, 0.1) is 0 Å². The van der Waals surface area contributed by atoms with Crippen molar-refractivity contribution in [2.24, 2.45) is 0 Å². The number of anilines is 1. The Hall–Kier alpha value is -2.00. The minimum Gasteiger partial charge on any atom is -0.483 e. The fourth-order valence-electron chi connectivity index (χ4n) is 2.00. The summed E-state index contributed by atoms with van der Waals surface area (Å²) in [7, 11) is 0. The third-order valence-electron chi connectivity index (χ3n) is 3.01. The maximum absolute atomic E-state index is 11.9. The number of halogens is 1. The van der Waals surface area contributed by atoms with E-state index in [9.17, 15) is 4.79 Å². The average Bonchev–Trinajstić information content (AvgIpc) is 2.45. The summed E-state index contributed by atoms with van der Waals surface area (Å²) in [5.74, 6) is 0.877. The Morgan fingerprint density at radius 2 is 1.95 bits per heavy atom. The molecular formula is C17H18ClNO2. The molecule has 0 spiro atoms. The fraction of sp³-hybridized carbons (Fsp3) is 0.235. The zero-order valence-electron chi connectivity index (χ0n) is 12.1. The van der Waals surface area contributed by atoms with Crippen LogP contribution in [0.5, 0.6) is 5.75 Å². The molecule has 2 aromatic carbocycles. The molecule has 0 heterocycles. The van der Waals surface area contributed by atoms with Crippen LogP contribution < -0.4 is 10.1 Å². The standard InChI is InChI=1S/C17H18ClNO2/c1-12(2)15-8-3-4-9-16(15)21-11-17(20)19-14-7-5-6-13(18)10-14/h3-10,12H,11H2,1-2H3,(H,19,20). The molecule has 1 amide bonds. The maximum Gasteiger partial charge on any atom is 0.262 e. The third-order valence-corrected chi connectivity index (χ3v) is 3.24. The van der Waals surface area contributed by atoms with Gasteiger partial charge < -0.3 is 10.1 Å². The largest absolute Gasteiger partial charge is 0.483 e. The Balaban J connectivity index is 1.95. The van der Waals surface area contributed by atoms with Gasteiger partial charge in [-0.3, -0.25) is 4.79 Å². The SMILES string of the molecule is CC(C)c1ccccc1OCC(=O)Nc1cccc(Cl)c1. The molecule has 0 aliphatic carbocycles. The molecule has 0 aliphatic heterocycles. The predicted molar refractivity (Wildman–Crippen MR) is 86.1 cm³/mol. The summed E-state index contributed by atoms with van der Waals surface area (Å²) in [4.78, 5) is 11.9. The van der Waals surface area contributed by atoms with Crippen molar-refractivity contribution in [3.63, 3.8) is 0 Å². The second kappa shape index (κ2) is 7.14. The van der Waals surface area contributed by atoms with Crippen molar-refractivity contribution in [2.75, 3.05) is 11.9 Å². The molecule has 2 aromatic rings. The number of carbonyl (C=O) groups excluding carboxylic acids is 1. The topological polar surface area (TPSA) is 38.3 Å². The second-order valence-corrected chi connectivity index (χ2v) is 5.48. The number of para-hydroxylation sites is 1. The summed E-state index contributed by atoms with van der Waals surface area (Å²) in [5.41, 5.74) is 1.75. The molecule has 21 heavy (non-hydrogen) atoms. The van der Waals surface area contributed by atoms with Gasteiger partial charge >= 0.3 is 0 Å². The van der Waals surface area contributed by atoms with E-state index in [4.69, 9.17) is 16.3 Å². The Morgan fingerprint density at radius 1 is 1.19 bits per heavy atom. The Labute approximate surface area is 129 Å². The molecule has 0 atom stereocenters. The zero-order valence-corrected chi connectivity index (χ0v) is 12.9. The van der Waals surface area contributed by atoms with Crippen molar-refractivity contribution in [3.8, 4) is 5.75 Å². The van der Waals surface area contributed by atoms with E-state index in [2.05, 4.69) is 19.2 Å². The molecule has 0 aliphatic rings. The van der Waals surface area contributed by atoms with E-state index in [0.717, 1.165) is 11.3 Å². The van der Waals surface area contributed by atoms with Crippen LogP contribution in [0.1, 0.15) is 25.3 Å². The average molecular weight is 304 g/mol. The summed E-state index contributed by atoms with van der Waals surface area (Å²) in [6.45, 7) is 4.15. The van der Waals surface area contributed by atoms with Crippen LogP contribution in [0.3, 0.4) is 0 Å². The van der Waals surface area contributed by atoms with Crippen molar-refractivity contribution in [1.82, 2.24) is 0 Å². The first-order chi connectivity index (χ1) is 10.1. The van der Waals surface area contributed by atoms with Crippen LogP contribution >= 0.6 is 11.6 Å². The van der Waals surface area contributed by atoms with E-state index in [0.29, 0.717) is 16.6 Å². The third kappa shape index (κ3) is 4.50. The lowest BCUT2D eigenvalue weighted by Gasteiger charge is -2.13. The van der Waals surface area contributed by atoms with Gasteiger partial charge in [0.05, 0.1) is 0 Å². The Kier molecular flexibility index (Phi) is 5.23. The molecule has 0 unspecified atom stereocenters. The number of carbonyl (C=O) groups is 1. The molecule has 0 saturated heterocycles. The highest BCUT2D eigenvalue weighted by Crippen LogP contribution is 2.25. The lowest BCUT2D eigenvalue weighted by Crippen LogP contribution is -2.20. The van der Waals surface area contributed by atoms with Gasteiger partial charge in [-0.05, 0) is 35.7 Å². The summed E-state index contributed by atoms with van der Waals surface area (Å²) in [5, 5.41) is 3.34. The fourth-order valence-corrected chi connectivity index (χ4v) is 2.19. The number of ether oxygens (including phenoxy) is 1. The highest BCUT2D eigenvalue weighted by atomic mass is 35.5. The van der Waals surface area contributed by atoms with Crippen LogP contribution in [0.25, 0.3) is 0 Å². The molecular weight excluding hydrogens is 286 g/mol. The van der Waals surface area contributed by atoms with Crippen molar-refractivity contribution in [1.29, 1.82) is 0 Å². The number of nitrogens with one attached hydrogen (secondary N) is 1. The van der Waals surface area contributed by atoms with E-state index in [-0.39, 0.29) is 12.5 Å². The van der Waals surface area contributed by atoms with Gasteiger partial charge in [-0.2, -0.15) is 0 Å². The monoisotopic (exact) mass is 303 g/mol. The van der Waals surface area contributed by atoms with E-state index >= 15 is 0 Å². The number of hydrogen-bond acceptors (Lipinski definition) is 2. The highest BCUT2D eigenvalue weighted by molar-refractivity contribution is 6.30. The first kappa shape index (κ1) is 15.4. The molecule has 110 valence electrons. The maximum atomic E-state index is 11.9. The van der Waals surface area contributed by atoms with Gasteiger partial charge in [0.25, 0.3) is 5.91 Å². The molecule has 0 bridgehead atoms. The first-order valence-corrected chi connectivity index (χ1v) is 7.21. The summed E-state index contributed by atoms with van der Waals surface area (Å²) in [6.07, 6.45) is 0. The molecule has 4 heteroatoms. The molecule has 1 N–H and O–H groups in total. The minimum atomic E-state index is -0.212. The molecule has 2 rings (SSSR count). The molecule has 0 radical (unpaired) electrons. The van der Waals surface area contributed by atoms with Crippen molar-refractivity contribution >= 4 is 23.2 Å². The first-order valence-electron chi connectivity index (χ1n) is 6.83. The van der Waals surface area contributed by atoms with Crippen LogP contribution in [0.2, 0.25) is 5.02 Å². The van der Waals surface area contributed by atoms with Crippen molar-refractivity contribution < 1.29 is 9.53 Å². The van der Waals surface area contributed by atoms with Crippen molar-refractivity contribution in [2.45, 2.75) is 19.8 Å². The van der Waals surface area contributed by atoms with Crippen molar-refractivity contribution in [3.05, 3.63) is 59.1 Å². The van der Waals surface area contributed by atoms with Crippen LogP contribution in [0.15, 0.2) is 48.5 Å². The number of rotatable bonds is 5. The molecule has 0 saturated carbocycles. The van der Waals surface area contributed by atoms with Crippen LogP contribution in [-0.4, -0.2) is 12.5 Å².